The second kappa shape index (κ2) is 6.72. The van der Waals surface area contributed by atoms with Crippen LogP contribution in [0.15, 0.2) is 21.8 Å². The summed E-state index contributed by atoms with van der Waals surface area (Å²) < 4.78 is 0. The Bertz CT molecular complexity index is 636. The van der Waals surface area contributed by atoms with E-state index in [4.69, 9.17) is 31.7 Å². The van der Waals surface area contributed by atoms with Gasteiger partial charge in [-0.05, 0) is 0 Å². The monoisotopic (exact) mass is 219 g/mol. The number of rotatable bonds is 2. The fourth-order valence-electron chi connectivity index (χ4n) is 0.656. The van der Waals surface area contributed by atoms with Gasteiger partial charge in [-0.1, -0.05) is 0 Å². The van der Waals surface area contributed by atoms with E-state index in [1.54, 1.807) is 5.87 Å². The molecule has 0 aromatic carbocycles. The SMILES string of the molecule is N#CC(=C=N)C(C#N)=NC(C#N)=C(C#N)C#N. The summed E-state index contributed by atoms with van der Waals surface area (Å²) in [6.07, 6.45) is 0. The van der Waals surface area contributed by atoms with Gasteiger partial charge in [-0.25, -0.2) is 4.99 Å². The third kappa shape index (κ3) is 3.17. The van der Waals surface area contributed by atoms with Crippen LogP contribution in [0.4, 0.5) is 0 Å². The van der Waals surface area contributed by atoms with E-state index >= 15 is 0 Å². The molecule has 0 fully saturated rings. The van der Waals surface area contributed by atoms with Crippen molar-refractivity contribution in [1.29, 1.82) is 31.7 Å². The minimum atomic E-state index is -0.588. The van der Waals surface area contributed by atoms with Gasteiger partial charge in [0.05, 0.1) is 0 Å². The van der Waals surface area contributed by atoms with E-state index in [0.29, 0.717) is 0 Å². The Morgan fingerprint density at radius 3 is 1.71 bits per heavy atom. The topological polar surface area (TPSA) is 155 Å². The highest BCUT2D eigenvalue weighted by molar-refractivity contribution is 6.19. The van der Waals surface area contributed by atoms with E-state index in [1.807, 2.05) is 0 Å². The molecule has 0 rings (SSSR count). The number of nitriles is 5. The van der Waals surface area contributed by atoms with Crippen molar-refractivity contribution in [1.82, 2.24) is 0 Å². The first-order chi connectivity index (χ1) is 8.18. The lowest BCUT2D eigenvalue weighted by Crippen LogP contribution is -2.00. The van der Waals surface area contributed by atoms with Crippen LogP contribution < -0.4 is 0 Å². The van der Waals surface area contributed by atoms with E-state index in [-0.39, 0.29) is 0 Å². The summed E-state index contributed by atoms with van der Waals surface area (Å²) in [4.78, 5) is 3.38. The highest BCUT2D eigenvalue weighted by Gasteiger charge is 2.10. The molecule has 17 heavy (non-hydrogen) atoms. The van der Waals surface area contributed by atoms with E-state index in [9.17, 15) is 0 Å². The van der Waals surface area contributed by atoms with E-state index < -0.39 is 22.6 Å². The molecule has 76 valence electrons. The Kier molecular flexibility index (Phi) is 5.26. The Labute approximate surface area is 96.2 Å². The molecule has 0 aromatic heterocycles. The highest BCUT2D eigenvalue weighted by Crippen LogP contribution is 2.06. The van der Waals surface area contributed by atoms with Crippen LogP contribution in [0.1, 0.15) is 0 Å². The van der Waals surface area contributed by atoms with Crippen LogP contribution in [0.3, 0.4) is 0 Å². The van der Waals surface area contributed by atoms with Crippen LogP contribution in [-0.2, 0) is 0 Å². The van der Waals surface area contributed by atoms with Crippen LogP contribution in [0, 0.1) is 62.1 Å². The lowest BCUT2D eigenvalue weighted by Gasteiger charge is -1.91. The second-order valence-electron chi connectivity index (χ2n) is 2.24. The van der Waals surface area contributed by atoms with Crippen molar-refractivity contribution in [2.45, 2.75) is 0 Å². The predicted molar refractivity (Wildman–Crippen MR) is 53.8 cm³/mol. The first-order valence-electron chi connectivity index (χ1n) is 3.82. The Morgan fingerprint density at radius 1 is 0.824 bits per heavy atom. The lowest BCUT2D eigenvalue weighted by atomic mass is 10.2. The molecule has 0 aliphatic rings. The molecule has 0 unspecified atom stereocenters. The lowest BCUT2D eigenvalue weighted by molar-refractivity contribution is 1.33. The smallest absolute Gasteiger partial charge is 0.170 e. The molecule has 0 saturated heterocycles. The number of hydrogen-bond acceptors (Lipinski definition) is 7. The van der Waals surface area contributed by atoms with Crippen LogP contribution in [-0.4, -0.2) is 11.6 Å². The third-order valence-corrected chi connectivity index (χ3v) is 1.37. The van der Waals surface area contributed by atoms with Gasteiger partial charge in [-0.2, -0.15) is 26.3 Å². The summed E-state index contributed by atoms with van der Waals surface area (Å²) >= 11 is 0. The van der Waals surface area contributed by atoms with Gasteiger partial charge in [0.25, 0.3) is 0 Å². The first kappa shape index (κ1) is 13.3. The number of nitrogens with zero attached hydrogens (tertiary/aromatic N) is 6. The van der Waals surface area contributed by atoms with Crippen molar-refractivity contribution < 1.29 is 0 Å². The second-order valence-corrected chi connectivity index (χ2v) is 2.24. The van der Waals surface area contributed by atoms with Gasteiger partial charge in [-0.3, -0.25) is 5.41 Å². The van der Waals surface area contributed by atoms with Crippen molar-refractivity contribution in [3.8, 4) is 30.3 Å². The van der Waals surface area contributed by atoms with Crippen LogP contribution in [0.25, 0.3) is 0 Å². The van der Waals surface area contributed by atoms with Crippen molar-refractivity contribution in [2.75, 3.05) is 0 Å². The summed E-state index contributed by atoms with van der Waals surface area (Å²) in [5.74, 6) is 1.66. The quantitative estimate of drug-likeness (QED) is 0.527. The first-order valence-corrected chi connectivity index (χ1v) is 3.82. The molecule has 0 radical (unpaired) electrons. The zero-order valence-corrected chi connectivity index (χ0v) is 8.18. The van der Waals surface area contributed by atoms with Gasteiger partial charge in [0.1, 0.15) is 35.9 Å². The van der Waals surface area contributed by atoms with Crippen molar-refractivity contribution in [3.63, 3.8) is 0 Å². The maximum atomic E-state index is 8.66. The molecule has 0 amide bonds. The van der Waals surface area contributed by atoms with Crippen molar-refractivity contribution in [3.05, 3.63) is 16.8 Å². The molecule has 0 bridgehead atoms. The summed E-state index contributed by atoms with van der Waals surface area (Å²) in [5.41, 5.74) is -2.21. The average molecular weight is 219 g/mol. The Balaban J connectivity index is 6.00. The summed E-state index contributed by atoms with van der Waals surface area (Å²) in [6, 6.07) is 7.26. The molecule has 0 aromatic rings. The standard InChI is InChI=1S/C10HN7/c11-1-7(2-12)9(5-15)17-10(6-16)8(3-13)4-14/h11H. The minimum Gasteiger partial charge on any atom is -0.257 e. The Morgan fingerprint density at radius 2 is 1.41 bits per heavy atom. The van der Waals surface area contributed by atoms with Crippen LogP contribution in [0.5, 0.6) is 0 Å². The molecule has 7 nitrogen and oxygen atoms in total. The zero-order chi connectivity index (χ0) is 13.3. The van der Waals surface area contributed by atoms with E-state index in [0.717, 1.165) is 0 Å². The molecule has 0 heterocycles. The van der Waals surface area contributed by atoms with E-state index in [1.165, 1.54) is 30.3 Å². The Hall–Kier alpha value is -3.69. The van der Waals surface area contributed by atoms with Gasteiger partial charge in [-0.15, -0.1) is 0 Å². The highest BCUT2D eigenvalue weighted by atomic mass is 14.8. The normalized spacial score (nSPS) is 8.06. The van der Waals surface area contributed by atoms with Gasteiger partial charge >= 0.3 is 0 Å². The van der Waals surface area contributed by atoms with E-state index in [2.05, 4.69) is 4.99 Å². The number of allylic oxidation sites excluding steroid dienone is 3. The molecule has 7 heteroatoms. The largest absolute Gasteiger partial charge is 0.257 e. The molecule has 0 atom stereocenters. The zero-order valence-electron chi connectivity index (χ0n) is 8.18. The molecule has 1 N–H and O–H groups in total. The van der Waals surface area contributed by atoms with Gasteiger partial charge in [0.2, 0.25) is 0 Å². The molecule has 0 aliphatic carbocycles. The number of nitrogens with one attached hydrogen (secondary N) is 1. The third-order valence-electron chi connectivity index (χ3n) is 1.37. The molecule has 0 spiro atoms. The van der Waals surface area contributed by atoms with Crippen LogP contribution in [0.2, 0.25) is 0 Å². The van der Waals surface area contributed by atoms with Gasteiger partial charge in [0.15, 0.2) is 17.0 Å². The summed E-state index contributed by atoms with van der Waals surface area (Å²) in [6.45, 7) is 0. The molecule has 0 saturated carbocycles. The average Bonchev–Trinajstić information content (AvgIpc) is 2.37. The predicted octanol–water partition coefficient (Wildman–Crippen LogP) is 0.474. The minimum absolute atomic E-state index is 0.490. The summed E-state index contributed by atoms with van der Waals surface area (Å²) in [5, 5.41) is 49.6. The van der Waals surface area contributed by atoms with Gasteiger partial charge in [0, 0.05) is 5.87 Å². The number of aliphatic imine (C=N–C) groups is 1. The van der Waals surface area contributed by atoms with Gasteiger partial charge < -0.3 is 0 Å². The molecular weight excluding hydrogens is 218 g/mol. The fraction of sp³-hybridized carbons (Fsp3) is 0. The van der Waals surface area contributed by atoms with Crippen molar-refractivity contribution in [2.24, 2.45) is 4.99 Å². The fourth-order valence-corrected chi connectivity index (χ4v) is 0.656. The molecule has 0 aliphatic heterocycles. The summed E-state index contributed by atoms with van der Waals surface area (Å²) in [7, 11) is 0. The maximum Gasteiger partial charge on any atom is 0.170 e. The van der Waals surface area contributed by atoms with Crippen molar-refractivity contribution >= 4 is 11.6 Å². The van der Waals surface area contributed by atoms with Crippen LogP contribution >= 0.6 is 0 Å². The number of hydrogen-bond donors (Lipinski definition) is 1. The maximum absolute atomic E-state index is 8.66. The molecular formula is C10HN7.